The molecule has 0 amide bonds. The molecule has 0 saturated carbocycles. The largest absolute Gasteiger partial charge is 0.402 e. The Bertz CT molecular complexity index is 586. The van der Waals surface area contributed by atoms with Crippen LogP contribution in [-0.4, -0.2) is 27.7 Å². The summed E-state index contributed by atoms with van der Waals surface area (Å²) in [6.07, 6.45) is -4.21. The van der Waals surface area contributed by atoms with Gasteiger partial charge in [-0.1, -0.05) is 6.07 Å². The van der Waals surface area contributed by atoms with Crippen molar-refractivity contribution < 1.29 is 21.6 Å². The molecule has 9 heteroatoms. The van der Waals surface area contributed by atoms with Crippen molar-refractivity contribution in [3.05, 3.63) is 23.8 Å². The highest BCUT2D eigenvalue weighted by Gasteiger charge is 2.34. The second kappa shape index (κ2) is 4.57. The lowest BCUT2D eigenvalue weighted by atomic mass is 10.1. The minimum atomic E-state index is -4.59. The van der Waals surface area contributed by atoms with Crippen LogP contribution in [0.15, 0.2) is 18.2 Å². The van der Waals surface area contributed by atoms with Crippen LogP contribution >= 0.6 is 0 Å². The third kappa shape index (κ3) is 2.92. The Labute approximate surface area is 108 Å². The first-order chi connectivity index (χ1) is 8.71. The Kier molecular flexibility index (Phi) is 3.35. The molecule has 3 N–H and O–H groups in total. The maximum absolute atomic E-state index is 12.1. The summed E-state index contributed by atoms with van der Waals surface area (Å²) < 4.78 is 62.3. The van der Waals surface area contributed by atoms with Gasteiger partial charge in [0.15, 0.2) is 0 Å². The van der Waals surface area contributed by atoms with Crippen LogP contribution in [0.4, 0.5) is 24.5 Å². The lowest BCUT2D eigenvalue weighted by Crippen LogP contribution is -2.43. The fourth-order valence-electron chi connectivity index (χ4n) is 1.93. The fraction of sp³-hybridized carbons (Fsp3) is 0.400. The molecule has 0 radical (unpaired) electrons. The van der Waals surface area contributed by atoms with Crippen molar-refractivity contribution in [2.75, 3.05) is 23.1 Å². The molecule has 0 bridgehead atoms. The molecule has 1 aromatic carbocycles. The average molecular weight is 295 g/mol. The number of benzene rings is 1. The SMILES string of the molecule is Nc1cccc2c1CCN2S(=O)(=O)NCC(F)(F)F. The van der Waals surface area contributed by atoms with E-state index in [0.717, 1.165) is 4.31 Å². The summed E-state index contributed by atoms with van der Waals surface area (Å²) in [5, 5.41) is 0. The van der Waals surface area contributed by atoms with E-state index >= 15 is 0 Å². The molecule has 1 aliphatic heterocycles. The van der Waals surface area contributed by atoms with Crippen molar-refractivity contribution in [2.24, 2.45) is 0 Å². The van der Waals surface area contributed by atoms with Crippen molar-refractivity contribution in [3.8, 4) is 0 Å². The van der Waals surface area contributed by atoms with Crippen LogP contribution in [0.1, 0.15) is 5.56 Å². The zero-order valence-corrected chi connectivity index (χ0v) is 10.6. The van der Waals surface area contributed by atoms with Crippen LogP contribution in [0.25, 0.3) is 0 Å². The van der Waals surface area contributed by atoms with Crippen LogP contribution in [0.5, 0.6) is 0 Å². The standard InChI is InChI=1S/C10H12F3N3O2S/c11-10(12,13)6-15-19(17,18)16-5-4-7-8(14)2-1-3-9(7)16/h1-3,15H,4-6,14H2. The molecule has 5 nitrogen and oxygen atoms in total. The van der Waals surface area contributed by atoms with Gasteiger partial charge in [0, 0.05) is 17.8 Å². The number of halogens is 3. The Morgan fingerprint density at radius 3 is 2.68 bits per heavy atom. The summed E-state index contributed by atoms with van der Waals surface area (Å²) in [5.41, 5.74) is 7.10. The number of anilines is 2. The molecule has 1 heterocycles. The minimum absolute atomic E-state index is 0.0801. The monoisotopic (exact) mass is 295 g/mol. The number of hydrogen-bond acceptors (Lipinski definition) is 3. The fourth-order valence-corrected chi connectivity index (χ4v) is 3.20. The molecule has 0 spiro atoms. The van der Waals surface area contributed by atoms with E-state index < -0.39 is 22.9 Å². The maximum atomic E-state index is 12.1. The molecule has 2 rings (SSSR count). The first-order valence-electron chi connectivity index (χ1n) is 5.42. The Morgan fingerprint density at radius 1 is 1.37 bits per heavy atom. The average Bonchev–Trinajstić information content (AvgIpc) is 2.72. The lowest BCUT2D eigenvalue weighted by Gasteiger charge is -2.20. The van der Waals surface area contributed by atoms with Gasteiger partial charge < -0.3 is 5.73 Å². The highest BCUT2D eigenvalue weighted by atomic mass is 32.2. The summed E-state index contributed by atoms with van der Waals surface area (Å²) in [4.78, 5) is 0. The second-order valence-electron chi connectivity index (χ2n) is 4.11. The van der Waals surface area contributed by atoms with Gasteiger partial charge in [-0.15, -0.1) is 0 Å². The maximum Gasteiger partial charge on any atom is 0.402 e. The van der Waals surface area contributed by atoms with Crippen molar-refractivity contribution in [1.82, 2.24) is 4.72 Å². The van der Waals surface area contributed by atoms with Gasteiger partial charge in [0.2, 0.25) is 0 Å². The highest BCUT2D eigenvalue weighted by molar-refractivity contribution is 7.90. The molecule has 1 aliphatic rings. The highest BCUT2D eigenvalue weighted by Crippen LogP contribution is 2.33. The molecule has 0 aromatic heterocycles. The van der Waals surface area contributed by atoms with Gasteiger partial charge in [0.1, 0.15) is 6.54 Å². The summed E-state index contributed by atoms with van der Waals surface area (Å²) in [5.74, 6) is 0. The summed E-state index contributed by atoms with van der Waals surface area (Å²) >= 11 is 0. The number of rotatable bonds is 3. The van der Waals surface area contributed by atoms with Crippen molar-refractivity contribution in [2.45, 2.75) is 12.6 Å². The zero-order chi connectivity index (χ0) is 14.3. The zero-order valence-electron chi connectivity index (χ0n) is 9.74. The van der Waals surface area contributed by atoms with Gasteiger partial charge in [-0.2, -0.15) is 26.3 Å². The quantitative estimate of drug-likeness (QED) is 0.818. The van der Waals surface area contributed by atoms with E-state index in [4.69, 9.17) is 5.73 Å². The molecular formula is C10H12F3N3O2S. The van der Waals surface area contributed by atoms with Crippen LogP contribution in [0.2, 0.25) is 0 Å². The third-order valence-electron chi connectivity index (χ3n) is 2.77. The topological polar surface area (TPSA) is 75.4 Å². The van der Waals surface area contributed by atoms with Crippen LogP contribution in [0.3, 0.4) is 0 Å². The van der Waals surface area contributed by atoms with Gasteiger partial charge in [-0.3, -0.25) is 4.31 Å². The predicted octanol–water partition coefficient (Wildman–Crippen LogP) is 1.03. The molecule has 0 saturated heterocycles. The van der Waals surface area contributed by atoms with E-state index in [-0.39, 0.29) is 6.54 Å². The molecule has 106 valence electrons. The number of nitrogen functional groups attached to an aromatic ring is 1. The molecule has 0 atom stereocenters. The molecular weight excluding hydrogens is 283 g/mol. The number of nitrogens with two attached hydrogens (primary N) is 1. The smallest absolute Gasteiger partial charge is 0.398 e. The summed E-state index contributed by atoms with van der Waals surface area (Å²) in [6.45, 7) is -1.51. The van der Waals surface area contributed by atoms with Crippen LogP contribution < -0.4 is 14.8 Å². The number of nitrogens with one attached hydrogen (secondary N) is 1. The van der Waals surface area contributed by atoms with E-state index in [1.165, 1.54) is 10.8 Å². The van der Waals surface area contributed by atoms with Gasteiger partial charge in [-0.05, 0) is 18.6 Å². The normalized spacial score (nSPS) is 15.6. The van der Waals surface area contributed by atoms with Crippen LogP contribution in [-0.2, 0) is 16.6 Å². The number of fused-ring (bicyclic) bond motifs is 1. The number of hydrogen-bond donors (Lipinski definition) is 2. The van der Waals surface area contributed by atoms with Crippen LogP contribution in [0, 0.1) is 0 Å². The third-order valence-corrected chi connectivity index (χ3v) is 4.23. The molecule has 0 unspecified atom stereocenters. The van der Waals surface area contributed by atoms with Crippen molar-refractivity contribution in [3.63, 3.8) is 0 Å². The molecule has 0 aliphatic carbocycles. The van der Waals surface area contributed by atoms with E-state index in [0.29, 0.717) is 23.4 Å². The minimum Gasteiger partial charge on any atom is -0.398 e. The summed E-state index contributed by atoms with van der Waals surface area (Å²) in [6, 6.07) is 4.70. The van der Waals surface area contributed by atoms with Crippen molar-refractivity contribution in [1.29, 1.82) is 0 Å². The number of alkyl halides is 3. The first kappa shape index (κ1) is 13.9. The van der Waals surface area contributed by atoms with Crippen molar-refractivity contribution >= 4 is 21.6 Å². The Balaban J connectivity index is 2.24. The Hall–Kier alpha value is -1.48. The van der Waals surface area contributed by atoms with Gasteiger partial charge in [-0.25, -0.2) is 0 Å². The van der Waals surface area contributed by atoms with Gasteiger partial charge in [0.25, 0.3) is 0 Å². The molecule has 19 heavy (non-hydrogen) atoms. The first-order valence-corrected chi connectivity index (χ1v) is 6.86. The van der Waals surface area contributed by atoms with Gasteiger partial charge in [0.05, 0.1) is 5.69 Å². The van der Waals surface area contributed by atoms with E-state index in [9.17, 15) is 21.6 Å². The van der Waals surface area contributed by atoms with E-state index in [2.05, 4.69) is 0 Å². The number of nitrogens with zero attached hydrogens (tertiary/aromatic N) is 1. The second-order valence-corrected chi connectivity index (χ2v) is 5.79. The molecule has 0 fully saturated rings. The van der Waals surface area contributed by atoms with E-state index in [1.54, 1.807) is 12.1 Å². The summed E-state index contributed by atoms with van der Waals surface area (Å²) in [7, 11) is -4.22. The van der Waals surface area contributed by atoms with Gasteiger partial charge >= 0.3 is 16.4 Å². The Morgan fingerprint density at radius 2 is 2.05 bits per heavy atom. The van der Waals surface area contributed by atoms with E-state index in [1.807, 2.05) is 0 Å². The lowest BCUT2D eigenvalue weighted by molar-refractivity contribution is -0.121. The predicted molar refractivity (Wildman–Crippen MR) is 64.9 cm³/mol. The molecule has 1 aromatic rings.